The first-order valence-electron chi connectivity index (χ1n) is 9.47. The molecule has 0 bridgehead atoms. The van der Waals surface area contributed by atoms with Crippen LogP contribution in [0.5, 0.6) is 0 Å². The molecule has 5 rings (SSSR count). The molecule has 1 fully saturated rings. The van der Waals surface area contributed by atoms with Crippen molar-refractivity contribution in [3.63, 3.8) is 0 Å². The predicted molar refractivity (Wildman–Crippen MR) is 115 cm³/mol. The molecule has 1 aliphatic rings. The van der Waals surface area contributed by atoms with E-state index in [1.54, 1.807) is 23.6 Å². The third kappa shape index (κ3) is 3.64. The van der Waals surface area contributed by atoms with E-state index in [0.717, 1.165) is 41.2 Å². The summed E-state index contributed by atoms with van der Waals surface area (Å²) in [4.78, 5) is 13.4. The highest BCUT2D eigenvalue weighted by molar-refractivity contribution is 7.17. The number of nitrogens with zero attached hydrogens (tertiary/aromatic N) is 3. The van der Waals surface area contributed by atoms with E-state index in [0.29, 0.717) is 17.4 Å². The summed E-state index contributed by atoms with van der Waals surface area (Å²) < 4.78 is 16.3. The number of aromatic nitrogens is 3. The van der Waals surface area contributed by atoms with Gasteiger partial charge in [-0.2, -0.15) is 0 Å². The zero-order valence-corrected chi connectivity index (χ0v) is 16.3. The number of nitrogens with one attached hydrogen (secondary N) is 3. The number of rotatable bonds is 5. The summed E-state index contributed by atoms with van der Waals surface area (Å²) in [5.74, 6) is 0.777. The zero-order chi connectivity index (χ0) is 19.6. The summed E-state index contributed by atoms with van der Waals surface area (Å²) in [5, 5.41) is 11.8. The minimum atomic E-state index is -0.473. The largest absolute Gasteiger partial charge is 0.365 e. The van der Waals surface area contributed by atoms with E-state index >= 15 is 4.39 Å². The average Bonchev–Trinajstić information content (AvgIpc) is 3.42. The van der Waals surface area contributed by atoms with Crippen LogP contribution in [0.15, 0.2) is 54.0 Å². The van der Waals surface area contributed by atoms with Crippen molar-refractivity contribution in [3.8, 4) is 11.4 Å². The number of anilines is 3. The summed E-state index contributed by atoms with van der Waals surface area (Å²) in [6.07, 6.45) is 2.60. The van der Waals surface area contributed by atoms with Crippen LogP contribution in [0, 0.1) is 5.82 Å². The van der Waals surface area contributed by atoms with Gasteiger partial charge >= 0.3 is 0 Å². The molecular weight excluding hydrogens is 387 g/mol. The van der Waals surface area contributed by atoms with Gasteiger partial charge in [0.2, 0.25) is 0 Å². The van der Waals surface area contributed by atoms with Crippen molar-refractivity contribution in [3.05, 3.63) is 59.9 Å². The van der Waals surface area contributed by atoms with Gasteiger partial charge in [0.15, 0.2) is 17.5 Å². The fraction of sp³-hybridized carbons (Fsp3) is 0.190. The molecular formula is C21H19FN6S. The maximum absolute atomic E-state index is 15.3. The number of para-hydroxylation sites is 1. The van der Waals surface area contributed by atoms with E-state index < -0.39 is 5.82 Å². The Balaban J connectivity index is 1.54. The molecule has 1 aliphatic heterocycles. The van der Waals surface area contributed by atoms with Crippen molar-refractivity contribution in [2.45, 2.75) is 12.5 Å². The van der Waals surface area contributed by atoms with E-state index in [1.165, 1.54) is 0 Å². The Kier molecular flexibility index (Phi) is 4.79. The lowest BCUT2D eigenvalue weighted by atomic mass is 10.2. The zero-order valence-electron chi connectivity index (χ0n) is 15.5. The number of hydrogen-bond acceptors (Lipinski definition) is 7. The van der Waals surface area contributed by atoms with Crippen LogP contribution in [0.4, 0.5) is 21.7 Å². The number of thiophene rings is 1. The maximum Gasteiger partial charge on any atom is 0.176 e. The van der Waals surface area contributed by atoms with Gasteiger partial charge in [0, 0.05) is 24.5 Å². The molecule has 0 radical (unpaired) electrons. The van der Waals surface area contributed by atoms with Gasteiger partial charge in [0.25, 0.3) is 0 Å². The third-order valence-electron chi connectivity index (χ3n) is 4.87. The second-order valence-electron chi connectivity index (χ2n) is 6.88. The highest BCUT2D eigenvalue weighted by atomic mass is 32.1. The van der Waals surface area contributed by atoms with Crippen molar-refractivity contribution in [1.29, 1.82) is 0 Å². The van der Waals surface area contributed by atoms with E-state index in [9.17, 15) is 0 Å². The van der Waals surface area contributed by atoms with Crippen LogP contribution in [-0.4, -0.2) is 34.1 Å². The molecule has 3 aromatic heterocycles. The first-order chi connectivity index (χ1) is 14.3. The average molecular weight is 406 g/mol. The van der Waals surface area contributed by atoms with Crippen molar-refractivity contribution >= 4 is 38.9 Å². The summed E-state index contributed by atoms with van der Waals surface area (Å²) in [6.45, 7) is 1.87. The molecule has 1 aromatic carbocycles. The number of benzene rings is 1. The van der Waals surface area contributed by atoms with E-state index in [-0.39, 0.29) is 5.82 Å². The Morgan fingerprint density at radius 3 is 2.79 bits per heavy atom. The van der Waals surface area contributed by atoms with Crippen LogP contribution in [0.25, 0.3) is 21.6 Å². The molecule has 8 heteroatoms. The van der Waals surface area contributed by atoms with Gasteiger partial charge in [-0.1, -0.05) is 18.2 Å². The van der Waals surface area contributed by atoms with E-state index in [1.807, 2.05) is 41.8 Å². The van der Waals surface area contributed by atoms with Crippen LogP contribution in [0.1, 0.15) is 6.42 Å². The normalized spacial score (nSPS) is 16.2. The Hall–Kier alpha value is -3.10. The molecule has 29 heavy (non-hydrogen) atoms. The van der Waals surface area contributed by atoms with Gasteiger partial charge in [-0.25, -0.2) is 19.3 Å². The minimum Gasteiger partial charge on any atom is -0.365 e. The number of fused-ring (bicyclic) bond motifs is 1. The topological polar surface area (TPSA) is 74.8 Å². The standard InChI is InChI=1S/C21H19FN6S/c22-17-15(7-10-24-20(17)25-13-4-2-1-3-5-13)19-27-16-8-11-29-18(16)21(28-19)26-14-6-9-23-12-14/h1-5,7-8,10-11,14,23H,6,9,12H2,(H,24,25)(H,26,27,28). The molecule has 1 atom stereocenters. The lowest BCUT2D eigenvalue weighted by molar-refractivity contribution is 0.628. The summed E-state index contributed by atoms with van der Waals surface area (Å²) in [6, 6.07) is 13.2. The monoisotopic (exact) mass is 406 g/mol. The predicted octanol–water partition coefficient (Wildman–Crippen LogP) is 4.41. The van der Waals surface area contributed by atoms with Crippen LogP contribution in [-0.2, 0) is 0 Å². The van der Waals surface area contributed by atoms with Gasteiger partial charge < -0.3 is 16.0 Å². The fourth-order valence-electron chi connectivity index (χ4n) is 3.41. The summed E-state index contributed by atoms with van der Waals surface area (Å²) in [7, 11) is 0. The molecule has 0 saturated carbocycles. The first-order valence-corrected chi connectivity index (χ1v) is 10.4. The van der Waals surface area contributed by atoms with Crippen LogP contribution in [0.2, 0.25) is 0 Å². The van der Waals surface area contributed by atoms with Crippen LogP contribution >= 0.6 is 11.3 Å². The number of halogens is 1. The Labute approximate surface area is 171 Å². The molecule has 0 aliphatic carbocycles. The molecule has 146 valence electrons. The van der Waals surface area contributed by atoms with E-state index in [4.69, 9.17) is 0 Å². The van der Waals surface area contributed by atoms with Crippen molar-refractivity contribution in [2.24, 2.45) is 0 Å². The fourth-order valence-corrected chi connectivity index (χ4v) is 4.20. The van der Waals surface area contributed by atoms with E-state index in [2.05, 4.69) is 30.9 Å². The van der Waals surface area contributed by atoms with Crippen molar-refractivity contribution in [1.82, 2.24) is 20.3 Å². The number of pyridine rings is 1. The number of hydrogen-bond donors (Lipinski definition) is 3. The highest BCUT2D eigenvalue weighted by Crippen LogP contribution is 2.32. The van der Waals surface area contributed by atoms with Crippen molar-refractivity contribution in [2.75, 3.05) is 23.7 Å². The third-order valence-corrected chi connectivity index (χ3v) is 5.78. The second-order valence-corrected chi connectivity index (χ2v) is 7.79. The van der Waals surface area contributed by atoms with Crippen LogP contribution < -0.4 is 16.0 Å². The Bertz CT molecular complexity index is 1140. The van der Waals surface area contributed by atoms with Gasteiger partial charge in [0.1, 0.15) is 5.82 Å². The molecule has 1 unspecified atom stereocenters. The smallest absolute Gasteiger partial charge is 0.176 e. The highest BCUT2D eigenvalue weighted by Gasteiger charge is 2.20. The molecule has 0 spiro atoms. The van der Waals surface area contributed by atoms with Gasteiger partial charge in [-0.05, 0) is 42.6 Å². The van der Waals surface area contributed by atoms with Gasteiger partial charge in [0.05, 0.1) is 15.8 Å². The summed E-state index contributed by atoms with van der Waals surface area (Å²) >= 11 is 1.58. The molecule has 4 heterocycles. The lowest BCUT2D eigenvalue weighted by Gasteiger charge is -2.14. The Morgan fingerprint density at radius 1 is 1.07 bits per heavy atom. The lowest BCUT2D eigenvalue weighted by Crippen LogP contribution is -2.23. The molecule has 6 nitrogen and oxygen atoms in total. The maximum atomic E-state index is 15.3. The molecule has 0 amide bonds. The molecule has 4 aromatic rings. The van der Waals surface area contributed by atoms with Gasteiger partial charge in [-0.15, -0.1) is 11.3 Å². The summed E-state index contributed by atoms with van der Waals surface area (Å²) in [5.41, 5.74) is 1.89. The quantitative estimate of drug-likeness (QED) is 0.456. The van der Waals surface area contributed by atoms with Gasteiger partial charge in [-0.3, -0.25) is 0 Å². The van der Waals surface area contributed by atoms with Crippen LogP contribution in [0.3, 0.4) is 0 Å². The molecule has 3 N–H and O–H groups in total. The SMILES string of the molecule is Fc1c(-c2nc(NC3CCNC3)c3sccc3n2)ccnc1Nc1ccccc1. The minimum absolute atomic E-state index is 0.150. The Morgan fingerprint density at radius 2 is 1.97 bits per heavy atom. The first kappa shape index (κ1) is 18.0. The second kappa shape index (κ2) is 7.73. The molecule has 1 saturated heterocycles. The van der Waals surface area contributed by atoms with Crippen molar-refractivity contribution < 1.29 is 4.39 Å².